The average Bonchev–Trinajstić information content (AvgIpc) is 2.48. The van der Waals surface area contributed by atoms with Gasteiger partial charge in [-0.1, -0.05) is 42.5 Å². The van der Waals surface area contributed by atoms with Crippen LogP contribution in [0.4, 0.5) is 4.39 Å². The van der Waals surface area contributed by atoms with Crippen molar-refractivity contribution in [3.8, 4) is 0 Å². The summed E-state index contributed by atoms with van der Waals surface area (Å²) in [6.07, 6.45) is 2.43. The van der Waals surface area contributed by atoms with E-state index >= 15 is 0 Å². The molecule has 0 radical (unpaired) electrons. The van der Waals surface area contributed by atoms with Crippen molar-refractivity contribution in [1.82, 2.24) is 5.32 Å². The number of nitrogens with one attached hydrogen (secondary N) is 1. The van der Waals surface area contributed by atoms with Crippen LogP contribution in [0.1, 0.15) is 30.0 Å². The number of methoxy groups -OCH3 is 1. The van der Waals surface area contributed by atoms with Gasteiger partial charge in [0.25, 0.3) is 0 Å². The Morgan fingerprint density at radius 2 is 1.62 bits per heavy atom. The Kier molecular flexibility index (Phi) is 4.32. The molecule has 0 aromatic heterocycles. The van der Waals surface area contributed by atoms with Crippen LogP contribution in [0, 0.1) is 5.82 Å². The Balaban J connectivity index is 1.80. The van der Waals surface area contributed by atoms with E-state index in [1.54, 1.807) is 7.11 Å². The maximum Gasteiger partial charge on any atom is 0.123 e. The Bertz CT molecular complexity index is 564. The first-order valence-corrected chi connectivity index (χ1v) is 7.35. The third-order valence-electron chi connectivity index (χ3n) is 4.17. The molecule has 110 valence electrons. The number of benzene rings is 2. The summed E-state index contributed by atoms with van der Waals surface area (Å²) in [7, 11) is 1.76. The highest BCUT2D eigenvalue weighted by Crippen LogP contribution is 2.29. The lowest BCUT2D eigenvalue weighted by Crippen LogP contribution is -2.46. The van der Waals surface area contributed by atoms with E-state index in [-0.39, 0.29) is 11.9 Å². The minimum atomic E-state index is -0.200. The van der Waals surface area contributed by atoms with Crippen molar-refractivity contribution in [3.05, 3.63) is 71.5 Å². The summed E-state index contributed by atoms with van der Waals surface area (Å²) >= 11 is 0. The van der Waals surface area contributed by atoms with Crippen LogP contribution in [0.15, 0.2) is 54.6 Å². The first-order chi connectivity index (χ1) is 10.3. The third-order valence-corrected chi connectivity index (χ3v) is 4.17. The SMILES string of the molecule is COC1CC(NC(c2ccccc2)c2ccc(F)cc2)C1. The summed E-state index contributed by atoms with van der Waals surface area (Å²) in [4.78, 5) is 0. The zero-order chi connectivity index (χ0) is 14.7. The van der Waals surface area contributed by atoms with E-state index in [0.717, 1.165) is 18.4 Å². The zero-order valence-electron chi connectivity index (χ0n) is 12.1. The summed E-state index contributed by atoms with van der Waals surface area (Å²) in [6.45, 7) is 0. The molecule has 1 aliphatic rings. The summed E-state index contributed by atoms with van der Waals surface area (Å²) in [5.41, 5.74) is 2.29. The second-order valence-electron chi connectivity index (χ2n) is 5.59. The molecule has 0 amide bonds. The summed E-state index contributed by atoms with van der Waals surface area (Å²) in [6, 6.07) is 17.6. The molecule has 0 heterocycles. The molecule has 2 aromatic carbocycles. The van der Waals surface area contributed by atoms with Gasteiger partial charge in [-0.2, -0.15) is 0 Å². The maximum atomic E-state index is 13.2. The Hall–Kier alpha value is -1.71. The van der Waals surface area contributed by atoms with E-state index in [9.17, 15) is 4.39 Å². The second-order valence-corrected chi connectivity index (χ2v) is 5.59. The van der Waals surface area contributed by atoms with Crippen molar-refractivity contribution >= 4 is 0 Å². The number of hydrogen-bond acceptors (Lipinski definition) is 2. The molecule has 0 bridgehead atoms. The summed E-state index contributed by atoms with van der Waals surface area (Å²) in [5.74, 6) is -0.200. The highest BCUT2D eigenvalue weighted by Gasteiger charge is 2.31. The van der Waals surface area contributed by atoms with Crippen molar-refractivity contribution in [3.63, 3.8) is 0 Å². The van der Waals surface area contributed by atoms with Gasteiger partial charge in [0.2, 0.25) is 0 Å². The van der Waals surface area contributed by atoms with Crippen molar-refractivity contribution in [2.45, 2.75) is 31.0 Å². The molecule has 3 rings (SSSR count). The molecule has 1 aliphatic carbocycles. The number of rotatable bonds is 5. The van der Waals surface area contributed by atoms with Gasteiger partial charge in [-0.25, -0.2) is 4.39 Å². The van der Waals surface area contributed by atoms with E-state index in [1.807, 2.05) is 30.3 Å². The van der Waals surface area contributed by atoms with E-state index in [4.69, 9.17) is 4.74 Å². The normalized spacial score (nSPS) is 22.6. The van der Waals surface area contributed by atoms with Crippen LogP contribution in [-0.4, -0.2) is 19.3 Å². The van der Waals surface area contributed by atoms with E-state index < -0.39 is 0 Å². The molecule has 1 fully saturated rings. The van der Waals surface area contributed by atoms with E-state index in [0.29, 0.717) is 12.1 Å². The van der Waals surface area contributed by atoms with Gasteiger partial charge in [-0.05, 0) is 36.1 Å². The largest absolute Gasteiger partial charge is 0.381 e. The highest BCUT2D eigenvalue weighted by atomic mass is 19.1. The lowest BCUT2D eigenvalue weighted by atomic mass is 9.87. The molecule has 2 aromatic rings. The van der Waals surface area contributed by atoms with Gasteiger partial charge < -0.3 is 10.1 Å². The third kappa shape index (κ3) is 3.31. The van der Waals surface area contributed by atoms with Gasteiger partial charge in [0, 0.05) is 13.2 Å². The molecule has 1 saturated carbocycles. The van der Waals surface area contributed by atoms with Crippen LogP contribution in [0.25, 0.3) is 0 Å². The van der Waals surface area contributed by atoms with Gasteiger partial charge in [0.15, 0.2) is 0 Å². The fourth-order valence-electron chi connectivity index (χ4n) is 2.82. The quantitative estimate of drug-likeness (QED) is 0.905. The van der Waals surface area contributed by atoms with Gasteiger partial charge in [-0.3, -0.25) is 0 Å². The zero-order valence-corrected chi connectivity index (χ0v) is 12.1. The standard InChI is InChI=1S/C18H20FNO/c1-21-17-11-16(12-17)20-18(13-5-3-2-4-6-13)14-7-9-15(19)10-8-14/h2-10,16-18,20H,11-12H2,1H3. The summed E-state index contributed by atoms with van der Waals surface area (Å²) in [5, 5.41) is 3.67. The summed E-state index contributed by atoms with van der Waals surface area (Å²) < 4.78 is 18.5. The highest BCUT2D eigenvalue weighted by molar-refractivity contribution is 5.32. The molecule has 1 atom stereocenters. The molecule has 3 heteroatoms. The number of hydrogen-bond donors (Lipinski definition) is 1. The minimum absolute atomic E-state index is 0.0922. The molecule has 1 unspecified atom stereocenters. The van der Waals surface area contributed by atoms with E-state index in [2.05, 4.69) is 17.4 Å². The van der Waals surface area contributed by atoms with Crippen molar-refractivity contribution in [2.75, 3.05) is 7.11 Å². The first kappa shape index (κ1) is 14.2. The van der Waals surface area contributed by atoms with Crippen molar-refractivity contribution in [1.29, 1.82) is 0 Å². The lowest BCUT2D eigenvalue weighted by Gasteiger charge is -2.37. The molecule has 0 saturated heterocycles. The van der Waals surface area contributed by atoms with Crippen LogP contribution >= 0.6 is 0 Å². The predicted molar refractivity (Wildman–Crippen MR) is 81.6 cm³/mol. The van der Waals surface area contributed by atoms with Crippen LogP contribution in [0.2, 0.25) is 0 Å². The fraction of sp³-hybridized carbons (Fsp3) is 0.333. The van der Waals surface area contributed by atoms with Crippen LogP contribution in [0.3, 0.4) is 0 Å². The second kappa shape index (κ2) is 6.37. The van der Waals surface area contributed by atoms with Gasteiger partial charge >= 0.3 is 0 Å². The molecular formula is C18H20FNO. The molecular weight excluding hydrogens is 265 g/mol. The topological polar surface area (TPSA) is 21.3 Å². The average molecular weight is 285 g/mol. The maximum absolute atomic E-state index is 13.2. The Morgan fingerprint density at radius 3 is 2.24 bits per heavy atom. The lowest BCUT2D eigenvalue weighted by molar-refractivity contribution is 0.0154. The Labute approximate surface area is 125 Å². The van der Waals surface area contributed by atoms with Gasteiger partial charge in [0.1, 0.15) is 5.82 Å². The molecule has 1 N–H and O–H groups in total. The monoisotopic (exact) mass is 285 g/mol. The molecule has 2 nitrogen and oxygen atoms in total. The fourth-order valence-corrected chi connectivity index (χ4v) is 2.82. The van der Waals surface area contributed by atoms with Crippen molar-refractivity contribution < 1.29 is 9.13 Å². The van der Waals surface area contributed by atoms with Crippen LogP contribution in [0.5, 0.6) is 0 Å². The molecule has 0 aliphatic heterocycles. The predicted octanol–water partition coefficient (Wildman–Crippen LogP) is 3.68. The van der Waals surface area contributed by atoms with Crippen LogP contribution in [-0.2, 0) is 4.74 Å². The van der Waals surface area contributed by atoms with Gasteiger partial charge in [-0.15, -0.1) is 0 Å². The first-order valence-electron chi connectivity index (χ1n) is 7.35. The van der Waals surface area contributed by atoms with Crippen molar-refractivity contribution in [2.24, 2.45) is 0 Å². The molecule has 21 heavy (non-hydrogen) atoms. The number of halogens is 1. The number of ether oxygens (including phenoxy) is 1. The van der Waals surface area contributed by atoms with E-state index in [1.165, 1.54) is 17.7 Å². The smallest absolute Gasteiger partial charge is 0.123 e. The van der Waals surface area contributed by atoms with Crippen LogP contribution < -0.4 is 5.32 Å². The minimum Gasteiger partial charge on any atom is -0.381 e. The molecule has 0 spiro atoms. The Morgan fingerprint density at radius 1 is 1.00 bits per heavy atom. The van der Waals surface area contributed by atoms with Gasteiger partial charge in [0.05, 0.1) is 12.1 Å².